The third-order valence-electron chi connectivity index (χ3n) is 2.26. The van der Waals surface area contributed by atoms with Crippen molar-refractivity contribution in [3.63, 3.8) is 0 Å². The van der Waals surface area contributed by atoms with Gasteiger partial charge in [0.25, 0.3) is 0 Å². The molecule has 4 nitrogen and oxygen atoms in total. The number of anilines is 2. The molecule has 2 amide bonds. The summed E-state index contributed by atoms with van der Waals surface area (Å²) in [5.41, 5.74) is -1.49. The van der Waals surface area contributed by atoms with Gasteiger partial charge in [-0.05, 0) is 25.1 Å². The van der Waals surface area contributed by atoms with Gasteiger partial charge < -0.3 is 10.6 Å². The van der Waals surface area contributed by atoms with E-state index < -0.39 is 34.6 Å². The lowest BCUT2D eigenvalue weighted by molar-refractivity contribution is -0.137. The second-order valence-electron chi connectivity index (χ2n) is 4.04. The van der Waals surface area contributed by atoms with E-state index in [1.165, 1.54) is 19.9 Å². The third-order valence-corrected chi connectivity index (χ3v) is 2.46. The second kappa shape index (κ2) is 6.13. The number of halogens is 4. The summed E-state index contributed by atoms with van der Waals surface area (Å²) in [6.07, 6.45) is -4.67. The molecule has 8 heteroatoms. The summed E-state index contributed by atoms with van der Waals surface area (Å²) < 4.78 is 38.8. The van der Waals surface area contributed by atoms with Gasteiger partial charge in [0.05, 0.1) is 11.3 Å². The molecule has 0 bridgehead atoms. The first-order chi connectivity index (χ1) is 9.11. The highest BCUT2D eigenvalue weighted by Gasteiger charge is 2.34. The van der Waals surface area contributed by atoms with Crippen LogP contribution >= 0.6 is 11.6 Å². The number of amides is 2. The third kappa shape index (κ3) is 4.41. The monoisotopic (exact) mass is 308 g/mol. The van der Waals surface area contributed by atoms with Crippen LogP contribution in [0.5, 0.6) is 0 Å². The highest BCUT2D eigenvalue weighted by Crippen LogP contribution is 2.36. The van der Waals surface area contributed by atoms with Gasteiger partial charge in [-0.25, -0.2) is 0 Å². The molecule has 0 aliphatic carbocycles. The van der Waals surface area contributed by atoms with E-state index in [4.69, 9.17) is 11.6 Å². The van der Waals surface area contributed by atoms with Crippen molar-refractivity contribution in [2.45, 2.75) is 25.4 Å². The molecule has 1 aromatic rings. The van der Waals surface area contributed by atoms with Crippen LogP contribution in [0.3, 0.4) is 0 Å². The molecule has 0 fully saturated rings. The Labute approximate surface area is 118 Å². The average Bonchev–Trinajstić information content (AvgIpc) is 2.28. The van der Waals surface area contributed by atoms with Crippen LogP contribution in [0.1, 0.15) is 19.4 Å². The highest BCUT2D eigenvalue weighted by molar-refractivity contribution is 6.32. The summed E-state index contributed by atoms with van der Waals surface area (Å²) in [4.78, 5) is 22.2. The van der Waals surface area contributed by atoms with E-state index in [0.717, 1.165) is 12.1 Å². The lowest BCUT2D eigenvalue weighted by atomic mass is 10.1. The molecule has 1 aromatic carbocycles. The Kier molecular flexibility index (Phi) is 4.99. The van der Waals surface area contributed by atoms with Gasteiger partial charge in [-0.3, -0.25) is 9.59 Å². The maximum Gasteiger partial charge on any atom is 0.418 e. The number of alkyl halides is 4. The average molecular weight is 309 g/mol. The van der Waals surface area contributed by atoms with Crippen molar-refractivity contribution >= 4 is 34.8 Å². The Morgan fingerprint density at radius 1 is 1.25 bits per heavy atom. The van der Waals surface area contributed by atoms with Crippen LogP contribution in [-0.2, 0) is 15.8 Å². The minimum absolute atomic E-state index is 0.0123. The molecule has 1 unspecified atom stereocenters. The van der Waals surface area contributed by atoms with E-state index in [1.54, 1.807) is 0 Å². The van der Waals surface area contributed by atoms with Gasteiger partial charge in [-0.2, -0.15) is 13.2 Å². The standard InChI is InChI=1S/C12H12ClF3N2O2/c1-6(13)11(20)18-10-4-3-8(17-7(2)19)5-9(10)12(14,15)16/h3-6H,1-2H3,(H,17,19)(H,18,20). The Bertz CT molecular complexity index is 530. The van der Waals surface area contributed by atoms with Crippen LogP contribution in [0.4, 0.5) is 24.5 Å². The zero-order valence-electron chi connectivity index (χ0n) is 10.6. The smallest absolute Gasteiger partial charge is 0.326 e. The zero-order valence-corrected chi connectivity index (χ0v) is 11.4. The van der Waals surface area contributed by atoms with Crippen molar-refractivity contribution in [3.8, 4) is 0 Å². The molecule has 0 aliphatic rings. The number of carbonyl (C=O) groups is 2. The van der Waals surface area contributed by atoms with Crippen molar-refractivity contribution in [1.29, 1.82) is 0 Å². The normalized spacial score (nSPS) is 12.7. The first-order valence-corrected chi connectivity index (χ1v) is 5.98. The second-order valence-corrected chi connectivity index (χ2v) is 4.70. The fourth-order valence-corrected chi connectivity index (χ4v) is 1.46. The van der Waals surface area contributed by atoms with Crippen molar-refractivity contribution in [1.82, 2.24) is 0 Å². The number of rotatable bonds is 3. The minimum atomic E-state index is -4.67. The molecular weight excluding hydrogens is 297 g/mol. The molecule has 2 N–H and O–H groups in total. The van der Waals surface area contributed by atoms with E-state index in [9.17, 15) is 22.8 Å². The summed E-state index contributed by atoms with van der Waals surface area (Å²) in [5, 5.41) is 3.37. The van der Waals surface area contributed by atoms with Gasteiger partial charge in [0, 0.05) is 12.6 Å². The molecule has 0 aliphatic heterocycles. The molecule has 110 valence electrons. The largest absolute Gasteiger partial charge is 0.418 e. The van der Waals surface area contributed by atoms with Crippen LogP contribution in [0, 0.1) is 0 Å². The van der Waals surface area contributed by atoms with Crippen molar-refractivity contribution < 1.29 is 22.8 Å². The van der Waals surface area contributed by atoms with Gasteiger partial charge in [-0.15, -0.1) is 11.6 Å². The molecule has 20 heavy (non-hydrogen) atoms. The van der Waals surface area contributed by atoms with Crippen LogP contribution in [0.2, 0.25) is 0 Å². The quantitative estimate of drug-likeness (QED) is 0.842. The molecule has 1 rings (SSSR count). The van der Waals surface area contributed by atoms with Gasteiger partial charge in [0.15, 0.2) is 0 Å². The highest BCUT2D eigenvalue weighted by atomic mass is 35.5. The number of hydrogen-bond acceptors (Lipinski definition) is 2. The summed E-state index contributed by atoms with van der Waals surface area (Å²) in [6, 6.07) is 3.06. The first-order valence-electron chi connectivity index (χ1n) is 5.55. The summed E-state index contributed by atoms with van der Waals surface area (Å²) >= 11 is 5.49. The maximum absolute atomic E-state index is 12.9. The molecule has 0 heterocycles. The van der Waals surface area contributed by atoms with E-state index in [1.807, 2.05) is 0 Å². The van der Waals surface area contributed by atoms with Gasteiger partial charge in [-0.1, -0.05) is 0 Å². The molecule has 0 saturated carbocycles. The van der Waals surface area contributed by atoms with E-state index in [-0.39, 0.29) is 5.69 Å². The lowest BCUT2D eigenvalue weighted by Crippen LogP contribution is -2.22. The zero-order chi connectivity index (χ0) is 15.5. The van der Waals surface area contributed by atoms with Crippen LogP contribution in [-0.4, -0.2) is 17.2 Å². The Hall–Kier alpha value is -1.76. The number of nitrogens with one attached hydrogen (secondary N) is 2. The first kappa shape index (κ1) is 16.3. The number of hydrogen-bond donors (Lipinski definition) is 2. The lowest BCUT2D eigenvalue weighted by Gasteiger charge is -2.16. The fraction of sp³-hybridized carbons (Fsp3) is 0.333. The molecule has 0 aromatic heterocycles. The van der Waals surface area contributed by atoms with Crippen molar-refractivity contribution in [3.05, 3.63) is 23.8 Å². The molecule has 0 radical (unpaired) electrons. The molecule has 0 spiro atoms. The minimum Gasteiger partial charge on any atom is -0.326 e. The summed E-state index contributed by atoms with van der Waals surface area (Å²) in [7, 11) is 0. The Balaban J connectivity index is 3.17. The summed E-state index contributed by atoms with van der Waals surface area (Å²) in [6.45, 7) is 2.52. The van der Waals surface area contributed by atoms with Crippen molar-refractivity contribution in [2.75, 3.05) is 10.6 Å². The number of benzene rings is 1. The van der Waals surface area contributed by atoms with Crippen LogP contribution in [0.25, 0.3) is 0 Å². The van der Waals surface area contributed by atoms with Gasteiger partial charge >= 0.3 is 6.18 Å². The topological polar surface area (TPSA) is 58.2 Å². The van der Waals surface area contributed by atoms with E-state index >= 15 is 0 Å². The van der Waals surface area contributed by atoms with Crippen molar-refractivity contribution in [2.24, 2.45) is 0 Å². The number of carbonyl (C=O) groups excluding carboxylic acids is 2. The predicted molar refractivity (Wildman–Crippen MR) is 69.7 cm³/mol. The van der Waals surface area contributed by atoms with Gasteiger partial charge in [0.1, 0.15) is 5.38 Å². The van der Waals surface area contributed by atoms with Crippen LogP contribution in [0.15, 0.2) is 18.2 Å². The SMILES string of the molecule is CC(=O)Nc1ccc(NC(=O)C(C)Cl)c(C(F)(F)F)c1. The van der Waals surface area contributed by atoms with Crippen LogP contribution < -0.4 is 10.6 Å². The molecular formula is C12H12ClF3N2O2. The fourth-order valence-electron chi connectivity index (χ4n) is 1.40. The summed E-state index contributed by atoms with van der Waals surface area (Å²) in [5.74, 6) is -1.24. The molecule has 0 saturated heterocycles. The maximum atomic E-state index is 12.9. The van der Waals surface area contributed by atoms with E-state index in [0.29, 0.717) is 0 Å². The Morgan fingerprint density at radius 3 is 2.30 bits per heavy atom. The van der Waals surface area contributed by atoms with E-state index in [2.05, 4.69) is 10.6 Å². The molecule has 1 atom stereocenters. The Morgan fingerprint density at radius 2 is 1.85 bits per heavy atom. The predicted octanol–water partition coefficient (Wildman–Crippen LogP) is 3.23. The van der Waals surface area contributed by atoms with Gasteiger partial charge in [0.2, 0.25) is 11.8 Å².